The number of alkyl halides is 1. The van der Waals surface area contributed by atoms with Gasteiger partial charge >= 0.3 is 0 Å². The van der Waals surface area contributed by atoms with Gasteiger partial charge in [0.15, 0.2) is 0 Å². The van der Waals surface area contributed by atoms with Crippen molar-refractivity contribution in [1.29, 1.82) is 0 Å². The molecule has 2 rings (SSSR count). The van der Waals surface area contributed by atoms with Gasteiger partial charge in [0.25, 0.3) is 0 Å². The molecule has 2 aliphatic carbocycles. The Kier molecular flexibility index (Phi) is 3.90. The van der Waals surface area contributed by atoms with E-state index in [1.807, 2.05) is 0 Å². The SMILES string of the molecule is IC1CCCCC1OC1CCCC1. The zero-order valence-corrected chi connectivity index (χ0v) is 10.3. The molecule has 76 valence electrons. The predicted octanol–water partition coefficient (Wildman–Crippen LogP) is 3.69. The van der Waals surface area contributed by atoms with E-state index < -0.39 is 0 Å². The molecule has 0 spiro atoms. The first-order valence-electron chi connectivity index (χ1n) is 5.66. The molecule has 0 bridgehead atoms. The molecule has 0 aromatic heterocycles. The molecular weight excluding hydrogens is 275 g/mol. The fraction of sp³-hybridized carbons (Fsp3) is 1.00. The van der Waals surface area contributed by atoms with Crippen LogP contribution in [0.1, 0.15) is 51.4 Å². The van der Waals surface area contributed by atoms with Crippen LogP contribution in [0, 0.1) is 0 Å². The molecule has 1 nitrogen and oxygen atoms in total. The molecule has 2 aliphatic rings. The smallest absolute Gasteiger partial charge is 0.0696 e. The molecule has 0 radical (unpaired) electrons. The van der Waals surface area contributed by atoms with Crippen molar-refractivity contribution in [1.82, 2.24) is 0 Å². The van der Waals surface area contributed by atoms with Crippen molar-refractivity contribution in [2.75, 3.05) is 0 Å². The summed E-state index contributed by atoms with van der Waals surface area (Å²) in [6.07, 6.45) is 12.1. The molecule has 2 unspecified atom stereocenters. The van der Waals surface area contributed by atoms with Crippen LogP contribution in [0.2, 0.25) is 0 Å². The largest absolute Gasteiger partial charge is 0.374 e. The van der Waals surface area contributed by atoms with E-state index in [9.17, 15) is 0 Å². The second-order valence-electron chi connectivity index (χ2n) is 4.38. The standard InChI is InChI=1S/C11H19IO/c12-10-7-3-4-8-11(10)13-9-5-1-2-6-9/h9-11H,1-8H2. The summed E-state index contributed by atoms with van der Waals surface area (Å²) < 4.78 is 6.94. The van der Waals surface area contributed by atoms with E-state index in [-0.39, 0.29) is 0 Å². The van der Waals surface area contributed by atoms with Crippen LogP contribution in [-0.4, -0.2) is 16.1 Å². The molecule has 2 fully saturated rings. The summed E-state index contributed by atoms with van der Waals surface area (Å²) >= 11 is 2.58. The van der Waals surface area contributed by atoms with Crippen LogP contribution in [0.4, 0.5) is 0 Å². The summed E-state index contributed by atoms with van der Waals surface area (Å²) in [5.74, 6) is 0. The Balaban J connectivity index is 1.78. The molecule has 0 N–H and O–H groups in total. The number of rotatable bonds is 2. The maximum absolute atomic E-state index is 6.16. The fourth-order valence-electron chi connectivity index (χ4n) is 2.48. The van der Waals surface area contributed by atoms with Crippen molar-refractivity contribution >= 4 is 22.6 Å². The van der Waals surface area contributed by atoms with Crippen molar-refractivity contribution in [2.45, 2.75) is 67.5 Å². The zero-order chi connectivity index (χ0) is 9.10. The molecule has 0 amide bonds. The van der Waals surface area contributed by atoms with Crippen LogP contribution in [0.25, 0.3) is 0 Å². The van der Waals surface area contributed by atoms with Gasteiger partial charge in [-0.05, 0) is 25.7 Å². The Labute approximate surface area is 94.8 Å². The highest BCUT2D eigenvalue weighted by Crippen LogP contribution is 2.31. The van der Waals surface area contributed by atoms with Crippen LogP contribution in [0.3, 0.4) is 0 Å². The monoisotopic (exact) mass is 294 g/mol. The molecular formula is C11H19IO. The molecule has 13 heavy (non-hydrogen) atoms. The molecule has 2 heteroatoms. The van der Waals surface area contributed by atoms with Gasteiger partial charge in [0.1, 0.15) is 0 Å². The lowest BCUT2D eigenvalue weighted by molar-refractivity contribution is -0.0195. The summed E-state index contributed by atoms with van der Waals surface area (Å²) in [4.78, 5) is 0. The zero-order valence-electron chi connectivity index (χ0n) is 8.18. The molecule has 0 aromatic carbocycles. The summed E-state index contributed by atoms with van der Waals surface area (Å²) in [5.41, 5.74) is 0. The van der Waals surface area contributed by atoms with Gasteiger partial charge in [-0.15, -0.1) is 0 Å². The van der Waals surface area contributed by atoms with Gasteiger partial charge in [-0.1, -0.05) is 48.3 Å². The third-order valence-electron chi connectivity index (χ3n) is 3.29. The van der Waals surface area contributed by atoms with Crippen LogP contribution in [0.5, 0.6) is 0 Å². The van der Waals surface area contributed by atoms with E-state index in [1.54, 1.807) is 0 Å². The lowest BCUT2D eigenvalue weighted by Gasteiger charge is -2.30. The van der Waals surface area contributed by atoms with Crippen LogP contribution >= 0.6 is 22.6 Å². The Bertz CT molecular complexity index is 154. The maximum Gasteiger partial charge on any atom is 0.0696 e. The minimum absolute atomic E-state index is 0.581. The molecule has 0 saturated heterocycles. The highest BCUT2D eigenvalue weighted by Gasteiger charge is 2.27. The molecule has 2 atom stereocenters. The quantitative estimate of drug-likeness (QED) is 0.557. The third-order valence-corrected chi connectivity index (χ3v) is 4.72. The highest BCUT2D eigenvalue weighted by atomic mass is 127. The average Bonchev–Trinajstić information content (AvgIpc) is 2.61. The summed E-state index contributed by atoms with van der Waals surface area (Å²) in [6, 6.07) is 0. The predicted molar refractivity (Wildman–Crippen MR) is 63.4 cm³/mol. The molecule has 0 aromatic rings. The van der Waals surface area contributed by atoms with Gasteiger partial charge in [0, 0.05) is 3.92 Å². The van der Waals surface area contributed by atoms with Crippen LogP contribution in [-0.2, 0) is 4.74 Å². The number of ether oxygens (including phenoxy) is 1. The maximum atomic E-state index is 6.16. The average molecular weight is 294 g/mol. The van der Waals surface area contributed by atoms with Crippen molar-refractivity contribution in [3.8, 4) is 0 Å². The van der Waals surface area contributed by atoms with Crippen molar-refractivity contribution in [3.05, 3.63) is 0 Å². The summed E-state index contributed by atoms with van der Waals surface area (Å²) in [7, 11) is 0. The van der Waals surface area contributed by atoms with Crippen LogP contribution < -0.4 is 0 Å². The van der Waals surface area contributed by atoms with Gasteiger partial charge in [-0.2, -0.15) is 0 Å². The van der Waals surface area contributed by atoms with Gasteiger partial charge in [0.05, 0.1) is 12.2 Å². The number of hydrogen-bond donors (Lipinski definition) is 0. The van der Waals surface area contributed by atoms with E-state index >= 15 is 0 Å². The second-order valence-corrected chi connectivity index (χ2v) is 5.98. The Morgan fingerprint density at radius 3 is 2.15 bits per heavy atom. The Hall–Kier alpha value is 0.690. The Morgan fingerprint density at radius 1 is 0.846 bits per heavy atom. The fourth-order valence-corrected chi connectivity index (χ4v) is 3.45. The van der Waals surface area contributed by atoms with Crippen LogP contribution in [0.15, 0.2) is 0 Å². The molecule has 2 saturated carbocycles. The van der Waals surface area contributed by atoms with E-state index in [2.05, 4.69) is 22.6 Å². The van der Waals surface area contributed by atoms with E-state index in [4.69, 9.17) is 4.74 Å². The van der Waals surface area contributed by atoms with Crippen molar-refractivity contribution < 1.29 is 4.74 Å². The first kappa shape index (κ1) is 10.2. The van der Waals surface area contributed by atoms with Gasteiger partial charge < -0.3 is 4.74 Å². The van der Waals surface area contributed by atoms with Gasteiger partial charge in [-0.3, -0.25) is 0 Å². The third kappa shape index (κ3) is 2.82. The van der Waals surface area contributed by atoms with Gasteiger partial charge in [-0.25, -0.2) is 0 Å². The lowest BCUT2D eigenvalue weighted by atomic mass is 9.97. The van der Waals surface area contributed by atoms with Crippen molar-refractivity contribution in [2.24, 2.45) is 0 Å². The second kappa shape index (κ2) is 4.96. The minimum atomic E-state index is 0.581. The first-order valence-corrected chi connectivity index (χ1v) is 6.90. The lowest BCUT2D eigenvalue weighted by Crippen LogP contribution is -2.31. The summed E-state index contributed by atoms with van der Waals surface area (Å²) in [5, 5.41) is 0. The molecule has 0 aliphatic heterocycles. The Morgan fingerprint density at radius 2 is 1.46 bits per heavy atom. The van der Waals surface area contributed by atoms with E-state index in [0.717, 1.165) is 3.92 Å². The normalized spacial score (nSPS) is 36.7. The van der Waals surface area contributed by atoms with Gasteiger partial charge in [0.2, 0.25) is 0 Å². The number of hydrogen-bond acceptors (Lipinski definition) is 1. The summed E-state index contributed by atoms with van der Waals surface area (Å²) in [6.45, 7) is 0. The minimum Gasteiger partial charge on any atom is -0.374 e. The first-order chi connectivity index (χ1) is 6.36. The highest BCUT2D eigenvalue weighted by molar-refractivity contribution is 14.1. The topological polar surface area (TPSA) is 9.23 Å². The molecule has 0 heterocycles. The van der Waals surface area contributed by atoms with Crippen molar-refractivity contribution in [3.63, 3.8) is 0 Å². The number of halogens is 1. The van der Waals surface area contributed by atoms with E-state index in [0.29, 0.717) is 12.2 Å². The van der Waals surface area contributed by atoms with E-state index in [1.165, 1.54) is 51.4 Å².